The number of benzene rings is 4. The Balaban J connectivity index is 1.37. The maximum atomic E-state index is 2.54. The zero-order valence-electron chi connectivity index (χ0n) is 24.1. The van der Waals surface area contributed by atoms with Crippen LogP contribution in [0.5, 0.6) is 0 Å². The quantitative estimate of drug-likeness (QED) is 0.242. The fraction of sp³-hybridized carbons (Fsp3) is 0.190. The average molecular weight is 541 g/mol. The highest BCUT2D eigenvalue weighted by molar-refractivity contribution is 6.03. The van der Waals surface area contributed by atoms with Crippen LogP contribution < -0.4 is 10.4 Å². The number of hydrogen-bond donors (Lipinski definition) is 0. The van der Waals surface area contributed by atoms with E-state index >= 15 is 0 Å². The van der Waals surface area contributed by atoms with Crippen molar-refractivity contribution in [3.8, 4) is 0 Å². The van der Waals surface area contributed by atoms with Crippen molar-refractivity contribution in [1.29, 1.82) is 0 Å². The zero-order chi connectivity index (χ0) is 27.9. The molecule has 0 N–H and O–H groups in total. The van der Waals surface area contributed by atoms with Crippen molar-refractivity contribution in [1.82, 2.24) is 0 Å². The molecule has 0 heterocycles. The van der Waals surface area contributed by atoms with Gasteiger partial charge in [0, 0.05) is 5.92 Å². The first-order valence-corrected chi connectivity index (χ1v) is 15.7. The molecule has 2 unspecified atom stereocenters. The Morgan fingerprint density at radius 2 is 1.31 bits per heavy atom. The molecule has 0 heteroatoms. The van der Waals surface area contributed by atoms with Crippen LogP contribution in [0.15, 0.2) is 127 Å². The van der Waals surface area contributed by atoms with Crippen LogP contribution in [0, 0.1) is 5.92 Å². The molecule has 0 bridgehead atoms. The topological polar surface area (TPSA) is 0 Å². The molecule has 8 rings (SSSR count). The van der Waals surface area contributed by atoms with Crippen molar-refractivity contribution in [2.24, 2.45) is 5.92 Å². The fourth-order valence-electron chi connectivity index (χ4n) is 7.70. The molecule has 0 radical (unpaired) electrons. The Labute approximate surface area is 249 Å². The fourth-order valence-corrected chi connectivity index (χ4v) is 7.70. The highest BCUT2D eigenvalue weighted by atomic mass is 14.3. The van der Waals surface area contributed by atoms with Crippen molar-refractivity contribution in [2.45, 2.75) is 44.4 Å². The minimum atomic E-state index is 0.340. The van der Waals surface area contributed by atoms with Crippen LogP contribution >= 0.6 is 0 Å². The van der Waals surface area contributed by atoms with Crippen molar-refractivity contribution >= 4 is 39.6 Å². The van der Waals surface area contributed by atoms with Gasteiger partial charge in [0.1, 0.15) is 0 Å². The first-order chi connectivity index (χ1) is 20.8. The van der Waals surface area contributed by atoms with E-state index in [9.17, 15) is 0 Å². The van der Waals surface area contributed by atoms with Crippen LogP contribution in [0.3, 0.4) is 0 Å². The summed E-state index contributed by atoms with van der Waals surface area (Å²) in [5, 5.41) is 5.70. The van der Waals surface area contributed by atoms with E-state index in [0.717, 1.165) is 25.7 Å². The van der Waals surface area contributed by atoms with Gasteiger partial charge in [-0.15, -0.1) is 0 Å². The third kappa shape index (κ3) is 4.47. The molecular formula is C42H36. The Bertz CT molecular complexity index is 1960. The lowest BCUT2D eigenvalue weighted by Crippen LogP contribution is -2.35. The summed E-state index contributed by atoms with van der Waals surface area (Å²) in [6.45, 7) is 0. The van der Waals surface area contributed by atoms with E-state index in [2.05, 4.69) is 134 Å². The second-order valence-electron chi connectivity index (χ2n) is 12.2. The van der Waals surface area contributed by atoms with Gasteiger partial charge in [0.15, 0.2) is 0 Å². The molecule has 0 amide bonds. The third-order valence-electron chi connectivity index (χ3n) is 9.71. The molecule has 0 fully saturated rings. The summed E-state index contributed by atoms with van der Waals surface area (Å²) >= 11 is 0. The van der Waals surface area contributed by atoms with Gasteiger partial charge in [0.05, 0.1) is 0 Å². The maximum Gasteiger partial charge on any atom is 0.00678 e. The van der Waals surface area contributed by atoms with E-state index in [1.165, 1.54) is 78.6 Å². The molecule has 2 atom stereocenters. The van der Waals surface area contributed by atoms with E-state index in [-0.39, 0.29) is 0 Å². The molecule has 0 saturated carbocycles. The Hall–Kier alpha value is -4.42. The SMILES string of the molecule is C1=CCC2CCC(c3c4c(c(C5=CC(c6ccccc6)=CC(c6ccccc6)C5)c5ccccc35)=CCCC=4)=CC2=C1. The van der Waals surface area contributed by atoms with Gasteiger partial charge in [-0.1, -0.05) is 134 Å². The summed E-state index contributed by atoms with van der Waals surface area (Å²) in [7, 11) is 0. The standard InChI is InChI=1S/C42H36/c1-3-13-29(14-4-1)34-26-35(30-15-5-2-6-16-30)28-36(27-34)42-39-21-11-9-19-37(39)41(38-20-10-12-22-40(38)42)33-24-23-31-17-7-8-18-32(31)25-33/h1-9,11,13-16,18-22,25-27,31,35H,10,12,17,23-24,28H2. The van der Waals surface area contributed by atoms with Crippen molar-refractivity contribution < 1.29 is 0 Å². The maximum absolute atomic E-state index is 2.54. The summed E-state index contributed by atoms with van der Waals surface area (Å²) in [4.78, 5) is 0. The minimum Gasteiger partial charge on any atom is -0.0839 e. The largest absolute Gasteiger partial charge is 0.0839 e. The molecule has 4 aliphatic carbocycles. The van der Waals surface area contributed by atoms with Gasteiger partial charge in [0.2, 0.25) is 0 Å². The molecule has 0 aliphatic heterocycles. The highest BCUT2D eigenvalue weighted by Gasteiger charge is 2.26. The molecule has 0 spiro atoms. The Morgan fingerprint density at radius 3 is 2.05 bits per heavy atom. The van der Waals surface area contributed by atoms with Crippen molar-refractivity contribution in [2.75, 3.05) is 0 Å². The highest BCUT2D eigenvalue weighted by Crippen LogP contribution is 2.42. The first kappa shape index (κ1) is 25.3. The third-order valence-corrected chi connectivity index (χ3v) is 9.71. The normalized spacial score (nSPS) is 21.1. The summed E-state index contributed by atoms with van der Waals surface area (Å²) < 4.78 is 0. The van der Waals surface area contributed by atoms with Crippen LogP contribution in [0.25, 0.3) is 39.6 Å². The Kier molecular flexibility index (Phi) is 6.49. The zero-order valence-corrected chi connectivity index (χ0v) is 24.1. The molecule has 4 aliphatic rings. The molecule has 204 valence electrons. The molecule has 42 heavy (non-hydrogen) atoms. The van der Waals surface area contributed by atoms with Gasteiger partial charge in [-0.3, -0.25) is 0 Å². The van der Waals surface area contributed by atoms with Gasteiger partial charge < -0.3 is 0 Å². The molecule has 4 aromatic carbocycles. The van der Waals surface area contributed by atoms with E-state index in [1.54, 1.807) is 0 Å². The summed E-state index contributed by atoms with van der Waals surface area (Å²) in [5.74, 6) is 1.02. The second kappa shape index (κ2) is 10.8. The smallest absolute Gasteiger partial charge is 0.00678 e. The summed E-state index contributed by atoms with van der Waals surface area (Å²) in [6.07, 6.45) is 26.3. The number of allylic oxidation sites excluding steroid dienone is 10. The molecule has 0 aromatic heterocycles. The predicted molar refractivity (Wildman–Crippen MR) is 180 cm³/mol. The van der Waals surface area contributed by atoms with Crippen LogP contribution in [0.4, 0.5) is 0 Å². The Morgan fingerprint density at radius 1 is 0.643 bits per heavy atom. The molecule has 4 aromatic rings. The van der Waals surface area contributed by atoms with E-state index < -0.39 is 0 Å². The van der Waals surface area contributed by atoms with E-state index in [0.29, 0.717) is 11.8 Å². The lowest BCUT2D eigenvalue weighted by molar-refractivity contribution is 0.572. The van der Waals surface area contributed by atoms with Crippen LogP contribution in [0.2, 0.25) is 0 Å². The van der Waals surface area contributed by atoms with Gasteiger partial charge >= 0.3 is 0 Å². The van der Waals surface area contributed by atoms with Gasteiger partial charge in [-0.2, -0.15) is 0 Å². The number of hydrogen-bond acceptors (Lipinski definition) is 0. The predicted octanol–water partition coefficient (Wildman–Crippen LogP) is 9.53. The summed E-state index contributed by atoms with van der Waals surface area (Å²) in [5.41, 5.74) is 11.4. The number of rotatable bonds is 4. The van der Waals surface area contributed by atoms with Gasteiger partial charge in [-0.05, 0) is 110 Å². The van der Waals surface area contributed by atoms with Crippen LogP contribution in [-0.2, 0) is 0 Å². The second-order valence-corrected chi connectivity index (χ2v) is 12.2. The average Bonchev–Trinajstić information content (AvgIpc) is 3.07. The van der Waals surface area contributed by atoms with E-state index in [1.807, 2.05) is 0 Å². The minimum absolute atomic E-state index is 0.340. The van der Waals surface area contributed by atoms with Crippen molar-refractivity contribution in [3.05, 3.63) is 160 Å². The molecular weight excluding hydrogens is 504 g/mol. The first-order valence-electron chi connectivity index (χ1n) is 15.7. The van der Waals surface area contributed by atoms with Gasteiger partial charge in [-0.25, -0.2) is 0 Å². The molecule has 0 nitrogen and oxygen atoms in total. The van der Waals surface area contributed by atoms with Gasteiger partial charge in [0.25, 0.3) is 0 Å². The van der Waals surface area contributed by atoms with Crippen LogP contribution in [-0.4, -0.2) is 0 Å². The number of fused-ring (bicyclic) bond motifs is 3. The monoisotopic (exact) mass is 540 g/mol. The molecule has 0 saturated heterocycles. The summed E-state index contributed by atoms with van der Waals surface area (Å²) in [6, 6.07) is 31.2. The lowest BCUT2D eigenvalue weighted by atomic mass is 9.75. The van der Waals surface area contributed by atoms with Crippen molar-refractivity contribution in [3.63, 3.8) is 0 Å². The lowest BCUT2D eigenvalue weighted by Gasteiger charge is -2.29. The van der Waals surface area contributed by atoms with Crippen LogP contribution in [0.1, 0.15) is 66.7 Å². The van der Waals surface area contributed by atoms with E-state index in [4.69, 9.17) is 0 Å².